The van der Waals surface area contributed by atoms with Crippen molar-refractivity contribution in [3.63, 3.8) is 0 Å². The number of nitrogens with one attached hydrogen (secondary N) is 1. The van der Waals surface area contributed by atoms with Crippen LogP contribution in [0.4, 0.5) is 4.79 Å². The molecule has 1 saturated heterocycles. The Kier molecular flexibility index (Phi) is 7.25. The molecule has 1 aliphatic carbocycles. The molecule has 0 aromatic rings. The van der Waals surface area contributed by atoms with E-state index in [2.05, 4.69) is 22.2 Å². The van der Waals surface area contributed by atoms with E-state index in [1.165, 1.54) is 0 Å². The zero-order valence-electron chi connectivity index (χ0n) is 15.8. The quantitative estimate of drug-likeness (QED) is 0.751. The minimum Gasteiger partial charge on any atom is -0.771 e. The molecule has 25 heavy (non-hydrogen) atoms. The van der Waals surface area contributed by atoms with Crippen molar-refractivity contribution in [2.24, 2.45) is 5.92 Å². The summed E-state index contributed by atoms with van der Waals surface area (Å²) in [6.07, 6.45) is 2.83. The average Bonchev–Trinajstić information content (AvgIpc) is 2.49. The lowest BCUT2D eigenvalue weighted by Crippen LogP contribution is -2.53. The van der Waals surface area contributed by atoms with Crippen LogP contribution in [-0.4, -0.2) is 74.9 Å². The minimum absolute atomic E-state index is 0.0688. The molecule has 0 spiro atoms. The van der Waals surface area contributed by atoms with E-state index in [-0.39, 0.29) is 18.1 Å². The van der Waals surface area contributed by atoms with Crippen molar-refractivity contribution in [3.8, 4) is 0 Å². The lowest BCUT2D eigenvalue weighted by atomic mass is 9.85. The van der Waals surface area contributed by atoms with Gasteiger partial charge in [0.1, 0.15) is 5.60 Å². The number of amides is 1. The molecule has 1 saturated carbocycles. The lowest BCUT2D eigenvalue weighted by Gasteiger charge is -2.44. The van der Waals surface area contributed by atoms with E-state index in [1.807, 2.05) is 20.8 Å². The fourth-order valence-corrected chi connectivity index (χ4v) is 4.72. The first-order valence-electron chi connectivity index (χ1n) is 9.16. The van der Waals surface area contributed by atoms with Gasteiger partial charge >= 0.3 is 6.09 Å². The van der Waals surface area contributed by atoms with Gasteiger partial charge in [-0.15, -0.1) is 0 Å². The number of alkyl carbamates (subject to hydrolysis) is 1. The maximum Gasteiger partial charge on any atom is 0.407 e. The summed E-state index contributed by atoms with van der Waals surface area (Å²) in [5.41, 5.74) is -0.507. The van der Waals surface area contributed by atoms with Gasteiger partial charge in [0.15, 0.2) is 0 Å². The van der Waals surface area contributed by atoms with Crippen LogP contribution >= 0.6 is 0 Å². The Hall–Kier alpha value is -0.700. The van der Waals surface area contributed by atoms with E-state index < -0.39 is 22.1 Å². The molecule has 2 atom stereocenters. The van der Waals surface area contributed by atoms with Crippen molar-refractivity contribution in [2.75, 3.05) is 33.2 Å². The molecule has 2 fully saturated rings. The fourth-order valence-electron chi connectivity index (χ4n) is 3.68. The maximum atomic E-state index is 11.9. The number of carbonyl (C=O) groups is 1. The van der Waals surface area contributed by atoms with E-state index in [1.54, 1.807) is 0 Å². The largest absolute Gasteiger partial charge is 0.771 e. The summed E-state index contributed by atoms with van der Waals surface area (Å²) in [5, 5.41) is 2.51. The van der Waals surface area contributed by atoms with Crippen LogP contribution < -0.4 is 5.32 Å². The van der Waals surface area contributed by atoms with Crippen LogP contribution in [0, 0.1) is 5.92 Å². The molecule has 0 radical (unpaired) electrons. The Labute approximate surface area is 153 Å². The number of carbonyl (C=O) groups excluding carboxylic acids is 1. The van der Waals surface area contributed by atoms with E-state index in [4.69, 9.17) is 4.74 Å². The molecule has 2 aliphatic rings. The van der Waals surface area contributed by atoms with Gasteiger partial charge in [0, 0.05) is 32.2 Å². The molecule has 0 aromatic carbocycles. The Morgan fingerprint density at radius 2 is 1.72 bits per heavy atom. The molecule has 2 unspecified atom stereocenters. The second-order valence-corrected chi connectivity index (χ2v) is 9.25. The molecule has 1 heterocycles. The topological polar surface area (TPSA) is 84.9 Å². The third-order valence-corrected chi connectivity index (χ3v) is 6.07. The molecule has 2 rings (SSSR count). The second-order valence-electron chi connectivity index (χ2n) is 8.25. The first-order chi connectivity index (χ1) is 11.7. The molecule has 1 amide bonds. The molecule has 0 bridgehead atoms. The SMILES string of the molecule is CN1CCN(C(C2CCC(NC(=O)OC(C)(C)C)CC2)S(=O)[O-])CC1. The Balaban J connectivity index is 1.84. The van der Waals surface area contributed by atoms with Crippen molar-refractivity contribution in [3.05, 3.63) is 0 Å². The van der Waals surface area contributed by atoms with Gasteiger partial charge in [-0.1, -0.05) is 0 Å². The predicted molar refractivity (Wildman–Crippen MR) is 96.9 cm³/mol. The predicted octanol–water partition coefficient (Wildman–Crippen LogP) is 1.52. The standard InChI is InChI=1S/C17H33N3O4S/c1-17(2,3)24-16(21)18-14-7-5-13(6-8-14)15(25(22)23)20-11-9-19(4)10-12-20/h13-15H,5-12H2,1-4H3,(H,18,21)(H,22,23)/p-1. The highest BCUT2D eigenvalue weighted by Crippen LogP contribution is 2.31. The van der Waals surface area contributed by atoms with Gasteiger partial charge in [0.25, 0.3) is 0 Å². The van der Waals surface area contributed by atoms with Crippen LogP contribution in [0.25, 0.3) is 0 Å². The molecule has 1 aliphatic heterocycles. The highest BCUT2D eigenvalue weighted by molar-refractivity contribution is 7.79. The first-order valence-corrected chi connectivity index (χ1v) is 10.3. The molecule has 7 nitrogen and oxygen atoms in total. The van der Waals surface area contributed by atoms with Gasteiger partial charge in [0.05, 0.1) is 5.37 Å². The van der Waals surface area contributed by atoms with Crippen molar-refractivity contribution < 1.29 is 18.3 Å². The van der Waals surface area contributed by atoms with Crippen molar-refractivity contribution in [1.82, 2.24) is 15.1 Å². The summed E-state index contributed by atoms with van der Waals surface area (Å²) in [4.78, 5) is 16.2. The first kappa shape index (κ1) is 20.6. The normalized spacial score (nSPS) is 29.0. The van der Waals surface area contributed by atoms with Crippen molar-refractivity contribution in [2.45, 2.75) is 63.5 Å². The van der Waals surface area contributed by atoms with E-state index in [9.17, 15) is 13.6 Å². The van der Waals surface area contributed by atoms with Gasteiger partial charge in [-0.3, -0.25) is 9.11 Å². The number of rotatable bonds is 4. The molecule has 8 heteroatoms. The van der Waals surface area contributed by atoms with Gasteiger partial charge in [-0.2, -0.15) is 0 Å². The summed E-state index contributed by atoms with van der Waals surface area (Å²) < 4.78 is 29.0. The van der Waals surface area contributed by atoms with E-state index in [0.717, 1.165) is 51.9 Å². The van der Waals surface area contributed by atoms with Crippen LogP contribution in [0.5, 0.6) is 0 Å². The van der Waals surface area contributed by atoms with Gasteiger partial charge < -0.3 is 19.5 Å². The fraction of sp³-hybridized carbons (Fsp3) is 0.941. The molecule has 1 N–H and O–H groups in total. The number of hydrogen-bond acceptors (Lipinski definition) is 6. The third kappa shape index (κ3) is 6.51. The number of likely N-dealkylation sites (N-methyl/N-ethyl adjacent to an activating group) is 1. The summed E-state index contributed by atoms with van der Waals surface area (Å²) in [6.45, 7) is 8.93. The van der Waals surface area contributed by atoms with Gasteiger partial charge in [-0.05, 0) is 70.5 Å². The van der Waals surface area contributed by atoms with Crippen LogP contribution in [0.3, 0.4) is 0 Å². The summed E-state index contributed by atoms with van der Waals surface area (Å²) >= 11 is -2.10. The molecule has 0 aromatic heterocycles. The number of piperazine rings is 1. The second kappa shape index (κ2) is 8.79. The lowest BCUT2D eigenvalue weighted by molar-refractivity contribution is 0.0474. The highest BCUT2D eigenvalue weighted by atomic mass is 32.2. The molecule has 146 valence electrons. The summed E-state index contributed by atoms with van der Waals surface area (Å²) in [6, 6.07) is 0.0688. The van der Waals surface area contributed by atoms with E-state index >= 15 is 0 Å². The van der Waals surface area contributed by atoms with Gasteiger partial charge in [0.2, 0.25) is 0 Å². The Morgan fingerprint density at radius 3 is 2.20 bits per heavy atom. The smallest absolute Gasteiger partial charge is 0.407 e. The van der Waals surface area contributed by atoms with Crippen molar-refractivity contribution in [1.29, 1.82) is 0 Å². The monoisotopic (exact) mass is 374 g/mol. The Bertz CT molecular complexity index is 467. The number of hydrogen-bond donors (Lipinski definition) is 1. The zero-order valence-corrected chi connectivity index (χ0v) is 16.6. The Morgan fingerprint density at radius 1 is 1.16 bits per heavy atom. The zero-order chi connectivity index (χ0) is 18.6. The highest BCUT2D eigenvalue weighted by Gasteiger charge is 2.34. The average molecular weight is 375 g/mol. The number of ether oxygens (including phenoxy) is 1. The van der Waals surface area contributed by atoms with Crippen molar-refractivity contribution >= 4 is 17.2 Å². The molecular weight excluding hydrogens is 342 g/mol. The van der Waals surface area contributed by atoms with E-state index in [0.29, 0.717) is 0 Å². The van der Waals surface area contributed by atoms with Crippen LogP contribution in [0.15, 0.2) is 0 Å². The van der Waals surface area contributed by atoms with Gasteiger partial charge in [-0.25, -0.2) is 4.79 Å². The summed E-state index contributed by atoms with van der Waals surface area (Å²) in [7, 11) is 2.06. The van der Waals surface area contributed by atoms with Crippen LogP contribution in [0.2, 0.25) is 0 Å². The third-order valence-electron chi connectivity index (χ3n) is 4.99. The minimum atomic E-state index is -2.10. The maximum absolute atomic E-state index is 11.9. The number of nitrogens with zero attached hydrogens (tertiary/aromatic N) is 2. The van der Waals surface area contributed by atoms with Crippen LogP contribution in [-0.2, 0) is 15.8 Å². The van der Waals surface area contributed by atoms with Crippen LogP contribution in [0.1, 0.15) is 46.5 Å². The summed E-state index contributed by atoms with van der Waals surface area (Å²) in [5.74, 6) is 0.137. The molecular formula is C17H32N3O4S-.